The van der Waals surface area contributed by atoms with Gasteiger partial charge in [0.25, 0.3) is 5.91 Å². The summed E-state index contributed by atoms with van der Waals surface area (Å²) >= 11 is 37.9. The van der Waals surface area contributed by atoms with Crippen molar-refractivity contribution in [2.24, 2.45) is 0 Å². The van der Waals surface area contributed by atoms with Gasteiger partial charge in [-0.25, -0.2) is 0 Å². The molecule has 0 bridgehead atoms. The van der Waals surface area contributed by atoms with Gasteiger partial charge in [-0.3, -0.25) is 4.79 Å². The van der Waals surface area contributed by atoms with Crippen LogP contribution in [0.15, 0.2) is 39.4 Å². The molecule has 12 heteroatoms. The average molecular weight is 540 g/mol. The van der Waals surface area contributed by atoms with Crippen molar-refractivity contribution < 1.29 is 9.21 Å². The highest BCUT2D eigenvalue weighted by Crippen LogP contribution is 2.30. The summed E-state index contributed by atoms with van der Waals surface area (Å²) in [5.41, 5.74) is 0.484. The molecular formula is C14H9BrCl5N3O2S. The van der Waals surface area contributed by atoms with Crippen molar-refractivity contribution >= 4 is 103 Å². The van der Waals surface area contributed by atoms with E-state index in [-0.39, 0.29) is 10.9 Å². The smallest absolute Gasteiger partial charge is 0.288 e. The number of anilines is 1. The Balaban J connectivity index is 2.07. The van der Waals surface area contributed by atoms with Crippen LogP contribution in [0.3, 0.4) is 0 Å². The van der Waals surface area contributed by atoms with Gasteiger partial charge in [0.05, 0.1) is 10.7 Å². The number of rotatable bonds is 4. The molecule has 0 unspecified atom stereocenters. The molecule has 1 aromatic heterocycles. The fourth-order valence-corrected chi connectivity index (χ4v) is 3.04. The lowest BCUT2D eigenvalue weighted by Crippen LogP contribution is -2.56. The lowest BCUT2D eigenvalue weighted by atomic mass is 10.3. The van der Waals surface area contributed by atoms with Gasteiger partial charge in [0.15, 0.2) is 15.5 Å². The van der Waals surface area contributed by atoms with E-state index in [1.54, 1.807) is 18.2 Å². The van der Waals surface area contributed by atoms with Gasteiger partial charge in [-0.15, -0.1) is 0 Å². The van der Waals surface area contributed by atoms with Gasteiger partial charge in [-0.2, -0.15) is 0 Å². The Morgan fingerprint density at radius 3 is 2.38 bits per heavy atom. The first kappa shape index (κ1) is 21.9. The summed E-state index contributed by atoms with van der Waals surface area (Å²) in [6, 6.07) is 7.81. The van der Waals surface area contributed by atoms with E-state index >= 15 is 0 Å². The Hall–Kier alpha value is -0.410. The predicted octanol–water partition coefficient (Wildman–Crippen LogP) is 5.76. The van der Waals surface area contributed by atoms with Crippen LogP contribution < -0.4 is 16.0 Å². The third kappa shape index (κ3) is 6.34. The Bertz CT molecular complexity index is 827. The summed E-state index contributed by atoms with van der Waals surface area (Å²) in [6.45, 7) is 0. The maximum atomic E-state index is 12.2. The van der Waals surface area contributed by atoms with E-state index in [0.29, 0.717) is 20.4 Å². The molecule has 1 atom stereocenters. The Morgan fingerprint density at radius 1 is 1.15 bits per heavy atom. The summed E-state index contributed by atoms with van der Waals surface area (Å²) in [7, 11) is 0. The quantitative estimate of drug-likeness (QED) is 0.262. The van der Waals surface area contributed by atoms with E-state index < -0.39 is 15.9 Å². The summed E-state index contributed by atoms with van der Waals surface area (Å²) < 4.78 is 3.63. The molecule has 1 aromatic carbocycles. The minimum atomic E-state index is -1.91. The van der Waals surface area contributed by atoms with Crippen LogP contribution in [0.1, 0.15) is 10.6 Å². The molecule has 0 saturated carbocycles. The second-order valence-corrected chi connectivity index (χ2v) is 9.18. The second kappa shape index (κ2) is 9.19. The molecule has 0 saturated heterocycles. The number of carbonyl (C=O) groups excluding carboxylic acids is 1. The maximum Gasteiger partial charge on any atom is 0.288 e. The Labute approximate surface area is 187 Å². The largest absolute Gasteiger partial charge is 0.444 e. The first-order valence-electron chi connectivity index (χ1n) is 6.72. The number of hydrogen-bond donors (Lipinski definition) is 3. The van der Waals surface area contributed by atoms with Crippen LogP contribution in [0.5, 0.6) is 0 Å². The minimum absolute atomic E-state index is 0.0255. The SMILES string of the molecule is O=C(N[C@@H](NC(=S)Nc1ccc(Cl)cc1Cl)C(Cl)(Cl)Cl)c1ccc(Br)o1. The first-order chi connectivity index (χ1) is 12.1. The van der Waals surface area contributed by atoms with Crippen molar-refractivity contribution in [3.63, 3.8) is 0 Å². The molecule has 0 fully saturated rings. The molecule has 1 amide bonds. The zero-order valence-corrected chi connectivity index (χ0v) is 18.6. The third-order valence-corrected chi connectivity index (χ3v) is 4.70. The van der Waals surface area contributed by atoms with Crippen LogP contribution in [0.4, 0.5) is 5.69 Å². The van der Waals surface area contributed by atoms with Crippen LogP contribution in [-0.2, 0) is 0 Å². The maximum absolute atomic E-state index is 12.2. The summed E-state index contributed by atoms with van der Waals surface area (Å²) in [4.78, 5) is 12.2. The van der Waals surface area contributed by atoms with E-state index in [4.69, 9.17) is 74.6 Å². The van der Waals surface area contributed by atoms with E-state index in [2.05, 4.69) is 31.9 Å². The molecule has 26 heavy (non-hydrogen) atoms. The zero-order chi connectivity index (χ0) is 19.5. The van der Waals surface area contributed by atoms with E-state index in [9.17, 15) is 4.79 Å². The number of alkyl halides is 3. The number of nitrogens with one attached hydrogen (secondary N) is 3. The topological polar surface area (TPSA) is 66.3 Å². The highest BCUT2D eigenvalue weighted by molar-refractivity contribution is 9.10. The lowest BCUT2D eigenvalue weighted by Gasteiger charge is -2.27. The normalized spacial score (nSPS) is 12.4. The molecule has 1 heterocycles. The number of thiocarbonyl (C=S) groups is 1. The van der Waals surface area contributed by atoms with Crippen LogP contribution in [-0.4, -0.2) is 21.0 Å². The molecule has 2 rings (SSSR count). The van der Waals surface area contributed by atoms with Gasteiger partial charge in [-0.05, 0) is 58.5 Å². The number of carbonyl (C=O) groups is 1. The van der Waals surface area contributed by atoms with Gasteiger partial charge >= 0.3 is 0 Å². The van der Waals surface area contributed by atoms with E-state index in [1.165, 1.54) is 12.1 Å². The van der Waals surface area contributed by atoms with E-state index in [1.807, 2.05) is 0 Å². The minimum Gasteiger partial charge on any atom is -0.444 e. The van der Waals surface area contributed by atoms with Crippen LogP contribution in [0, 0.1) is 0 Å². The molecule has 5 nitrogen and oxygen atoms in total. The van der Waals surface area contributed by atoms with E-state index in [0.717, 1.165) is 0 Å². The van der Waals surface area contributed by atoms with Crippen LogP contribution in [0.2, 0.25) is 10.0 Å². The Morgan fingerprint density at radius 2 is 1.85 bits per heavy atom. The molecule has 0 aliphatic rings. The number of amides is 1. The van der Waals surface area contributed by atoms with Crippen LogP contribution >= 0.6 is 86.2 Å². The van der Waals surface area contributed by atoms with Crippen molar-refractivity contribution in [3.8, 4) is 0 Å². The molecule has 0 radical (unpaired) electrons. The standard InChI is InChI=1S/C14H9BrCl5N3O2S/c15-10-4-3-9(25-10)11(24)22-12(14(18,19)20)23-13(26)21-8-2-1-6(16)5-7(8)17/h1-5,12H,(H,22,24)(H2,21,23,26)/t12-/m0/s1. The molecule has 3 N–H and O–H groups in total. The van der Waals surface area contributed by atoms with Crippen molar-refractivity contribution in [3.05, 3.63) is 50.8 Å². The van der Waals surface area contributed by atoms with Gasteiger partial charge < -0.3 is 20.4 Å². The molecule has 140 valence electrons. The number of hydrogen-bond acceptors (Lipinski definition) is 3. The van der Waals surface area contributed by atoms with Crippen molar-refractivity contribution in [2.45, 2.75) is 9.96 Å². The fourth-order valence-electron chi connectivity index (χ4n) is 1.72. The van der Waals surface area contributed by atoms with Crippen molar-refractivity contribution in [1.29, 1.82) is 0 Å². The molecule has 0 spiro atoms. The zero-order valence-electron chi connectivity index (χ0n) is 12.5. The molecular weight excluding hydrogens is 531 g/mol. The number of furan rings is 1. The second-order valence-electron chi connectivity index (χ2n) is 4.77. The Kier molecular flexibility index (Phi) is 7.73. The summed E-state index contributed by atoms with van der Waals surface area (Å²) in [5.74, 6) is -0.579. The van der Waals surface area contributed by atoms with Crippen LogP contribution in [0.25, 0.3) is 0 Å². The summed E-state index contributed by atoms with van der Waals surface area (Å²) in [6.07, 6.45) is -1.16. The highest BCUT2D eigenvalue weighted by atomic mass is 79.9. The predicted molar refractivity (Wildman–Crippen MR) is 114 cm³/mol. The van der Waals surface area contributed by atoms with Crippen molar-refractivity contribution in [2.75, 3.05) is 5.32 Å². The highest BCUT2D eigenvalue weighted by Gasteiger charge is 2.35. The van der Waals surface area contributed by atoms with Gasteiger partial charge in [0.1, 0.15) is 6.17 Å². The number of benzene rings is 1. The van der Waals surface area contributed by atoms with Gasteiger partial charge in [-0.1, -0.05) is 58.0 Å². The monoisotopic (exact) mass is 537 g/mol. The van der Waals surface area contributed by atoms with Gasteiger partial charge in [0.2, 0.25) is 3.79 Å². The van der Waals surface area contributed by atoms with Crippen molar-refractivity contribution in [1.82, 2.24) is 10.6 Å². The average Bonchev–Trinajstić information content (AvgIpc) is 2.95. The fraction of sp³-hybridized carbons (Fsp3) is 0.143. The van der Waals surface area contributed by atoms with Gasteiger partial charge in [0, 0.05) is 5.02 Å². The first-order valence-corrected chi connectivity index (χ1v) is 9.81. The third-order valence-electron chi connectivity index (χ3n) is 2.85. The lowest BCUT2D eigenvalue weighted by molar-refractivity contribution is 0.0905. The summed E-state index contributed by atoms with van der Waals surface area (Å²) in [5, 5.41) is 8.89. The molecule has 0 aliphatic heterocycles. The molecule has 0 aliphatic carbocycles. The number of halogens is 6. The molecule has 2 aromatic rings.